The Bertz CT molecular complexity index is 911. The fourth-order valence-corrected chi connectivity index (χ4v) is 3.90. The number of hydrogen-bond donors (Lipinski definition) is 4. The maximum atomic E-state index is 14.8. The third-order valence-electron chi connectivity index (χ3n) is 5.56. The van der Waals surface area contributed by atoms with Crippen LogP contribution in [0.3, 0.4) is 0 Å². The molecular weight excluding hydrogens is 435 g/mol. The minimum atomic E-state index is -1.39. The van der Waals surface area contributed by atoms with Gasteiger partial charge in [0.15, 0.2) is 0 Å². The largest absolute Gasteiger partial charge is 0.478 e. The van der Waals surface area contributed by atoms with Gasteiger partial charge in [-0.15, -0.1) is 0 Å². The smallest absolute Gasteiger partial charge is 0.410 e. The van der Waals surface area contributed by atoms with Gasteiger partial charge in [0.1, 0.15) is 17.6 Å². The minimum Gasteiger partial charge on any atom is -0.478 e. The number of aliphatic hydroxyl groups is 1. The number of nitrogens with one attached hydrogen (secondary N) is 2. The van der Waals surface area contributed by atoms with E-state index in [1.54, 1.807) is 31.7 Å². The van der Waals surface area contributed by atoms with Gasteiger partial charge in [0.2, 0.25) is 5.91 Å². The molecule has 182 valence electrons. The molecule has 1 aromatic carbocycles. The Kier molecular flexibility index (Phi) is 7.43. The Morgan fingerprint density at radius 3 is 2.45 bits per heavy atom. The molecule has 3 rings (SSSR count). The highest BCUT2D eigenvalue weighted by atomic mass is 19.1. The number of carbonyl (C=O) groups is 3. The molecular formula is C22H31FN4O6. The van der Waals surface area contributed by atoms with E-state index in [1.807, 2.05) is 4.90 Å². The van der Waals surface area contributed by atoms with Crippen LogP contribution >= 0.6 is 0 Å². The van der Waals surface area contributed by atoms with Gasteiger partial charge in [0, 0.05) is 38.4 Å². The van der Waals surface area contributed by atoms with Crippen LogP contribution in [-0.2, 0) is 16.1 Å². The van der Waals surface area contributed by atoms with Crippen molar-refractivity contribution in [1.82, 2.24) is 15.5 Å². The molecule has 0 bridgehead atoms. The summed E-state index contributed by atoms with van der Waals surface area (Å²) in [5, 5.41) is 24.4. The van der Waals surface area contributed by atoms with E-state index in [9.17, 15) is 29.0 Å². The number of halogens is 1. The van der Waals surface area contributed by atoms with Crippen LogP contribution in [0.5, 0.6) is 0 Å². The van der Waals surface area contributed by atoms with Crippen LogP contribution in [0.1, 0.15) is 49.5 Å². The number of piperazine rings is 1. The van der Waals surface area contributed by atoms with E-state index in [2.05, 4.69) is 10.6 Å². The summed E-state index contributed by atoms with van der Waals surface area (Å²) in [6.45, 7) is 6.98. The Balaban J connectivity index is 1.71. The first kappa shape index (κ1) is 24.7. The lowest BCUT2D eigenvalue weighted by molar-refractivity contribution is -0.129. The number of benzene rings is 1. The van der Waals surface area contributed by atoms with Crippen molar-refractivity contribution >= 4 is 23.7 Å². The Labute approximate surface area is 191 Å². The normalized spacial score (nSPS) is 21.5. The second kappa shape index (κ2) is 9.92. The maximum absolute atomic E-state index is 14.8. The first-order valence-corrected chi connectivity index (χ1v) is 10.9. The van der Waals surface area contributed by atoms with Gasteiger partial charge in [-0.1, -0.05) is 0 Å². The lowest BCUT2D eigenvalue weighted by Crippen LogP contribution is -2.52. The Morgan fingerprint density at radius 1 is 1.21 bits per heavy atom. The van der Waals surface area contributed by atoms with E-state index in [1.165, 1.54) is 6.07 Å². The lowest BCUT2D eigenvalue weighted by atomic mass is 10.0. The number of piperidine rings is 1. The number of nitrogens with zero attached hydrogens (tertiary/aromatic N) is 2. The number of aliphatic hydroxyl groups excluding tert-OH is 1. The molecule has 2 amide bonds. The van der Waals surface area contributed by atoms with Crippen molar-refractivity contribution in [3.05, 3.63) is 29.1 Å². The van der Waals surface area contributed by atoms with Crippen LogP contribution in [-0.4, -0.2) is 77.1 Å². The second-order valence-electron chi connectivity index (χ2n) is 9.26. The van der Waals surface area contributed by atoms with E-state index >= 15 is 0 Å². The summed E-state index contributed by atoms with van der Waals surface area (Å²) in [5.41, 5.74) is -0.332. The summed E-state index contributed by atoms with van der Waals surface area (Å²) in [4.78, 5) is 39.4. The quantitative estimate of drug-likeness (QED) is 0.510. The number of amides is 2. The minimum absolute atomic E-state index is 0.0293. The van der Waals surface area contributed by atoms with E-state index < -0.39 is 41.3 Å². The molecule has 4 N–H and O–H groups in total. The molecule has 2 saturated heterocycles. The standard InChI is InChI=1S/C22H31FN4O6/c1-22(2,3)33-21(32)27-8-6-26(7-9-27)14-10-13(18(20(30)31)15(23)11-14)12-24-16-4-5-17(28)25-19(16)29/h10-11,16-17,24,28H,4-9,12H2,1-3H3,(H,25,29)(H,30,31). The van der Waals surface area contributed by atoms with Gasteiger partial charge in [-0.25, -0.2) is 14.0 Å². The summed E-state index contributed by atoms with van der Waals surface area (Å²) in [6, 6.07) is 2.16. The van der Waals surface area contributed by atoms with Crippen LogP contribution < -0.4 is 15.5 Å². The highest BCUT2D eigenvalue weighted by molar-refractivity contribution is 5.90. The van der Waals surface area contributed by atoms with Crippen LogP contribution in [0.4, 0.5) is 14.9 Å². The van der Waals surface area contributed by atoms with E-state index in [0.717, 1.165) is 0 Å². The fraction of sp³-hybridized carbons (Fsp3) is 0.591. The number of hydrogen-bond acceptors (Lipinski definition) is 7. The fourth-order valence-electron chi connectivity index (χ4n) is 3.90. The molecule has 2 unspecified atom stereocenters. The first-order valence-electron chi connectivity index (χ1n) is 10.9. The summed E-state index contributed by atoms with van der Waals surface area (Å²) in [6.07, 6.45) is -0.559. The third kappa shape index (κ3) is 6.32. The number of ether oxygens (including phenoxy) is 1. The third-order valence-corrected chi connectivity index (χ3v) is 5.56. The Morgan fingerprint density at radius 2 is 1.88 bits per heavy atom. The van der Waals surface area contributed by atoms with Gasteiger partial charge in [0.25, 0.3) is 0 Å². The van der Waals surface area contributed by atoms with Crippen molar-refractivity contribution < 1.29 is 33.7 Å². The Hall–Kier alpha value is -2.92. The predicted octanol–water partition coefficient (Wildman–Crippen LogP) is 1.27. The average molecular weight is 467 g/mol. The summed E-state index contributed by atoms with van der Waals surface area (Å²) in [5.74, 6) is -2.65. The molecule has 0 aromatic heterocycles. The van der Waals surface area contributed by atoms with E-state index in [4.69, 9.17) is 4.74 Å². The van der Waals surface area contributed by atoms with Crippen LogP contribution in [0.2, 0.25) is 0 Å². The SMILES string of the molecule is CC(C)(C)OC(=O)N1CCN(c2cc(F)c(C(=O)O)c(CNC3CCC(O)NC3=O)c2)CC1. The summed E-state index contributed by atoms with van der Waals surface area (Å²) >= 11 is 0. The van der Waals surface area contributed by atoms with Crippen molar-refractivity contribution in [2.75, 3.05) is 31.1 Å². The monoisotopic (exact) mass is 466 g/mol. The predicted molar refractivity (Wildman–Crippen MR) is 117 cm³/mol. The zero-order chi connectivity index (χ0) is 24.3. The van der Waals surface area contributed by atoms with Crippen LogP contribution in [0, 0.1) is 5.82 Å². The molecule has 0 aliphatic carbocycles. The molecule has 1 aromatic rings. The molecule has 11 heteroatoms. The van der Waals surface area contributed by atoms with Crippen molar-refractivity contribution in [3.63, 3.8) is 0 Å². The molecule has 10 nitrogen and oxygen atoms in total. The number of carboxylic acid groups (broad SMARTS) is 1. The van der Waals surface area contributed by atoms with Crippen molar-refractivity contribution in [3.8, 4) is 0 Å². The molecule has 33 heavy (non-hydrogen) atoms. The molecule has 2 atom stereocenters. The van der Waals surface area contributed by atoms with Gasteiger partial charge in [-0.2, -0.15) is 0 Å². The second-order valence-corrected chi connectivity index (χ2v) is 9.26. The molecule has 0 saturated carbocycles. The molecule has 2 aliphatic rings. The first-order chi connectivity index (χ1) is 15.4. The molecule has 2 fully saturated rings. The lowest BCUT2D eigenvalue weighted by Gasteiger charge is -2.37. The van der Waals surface area contributed by atoms with Gasteiger partial charge in [-0.05, 0) is 51.3 Å². The summed E-state index contributed by atoms with van der Waals surface area (Å²) < 4.78 is 20.2. The molecule has 2 heterocycles. The molecule has 0 radical (unpaired) electrons. The molecule has 2 aliphatic heterocycles. The highest BCUT2D eigenvalue weighted by Gasteiger charge is 2.29. The van der Waals surface area contributed by atoms with Gasteiger partial charge in [-0.3, -0.25) is 4.79 Å². The van der Waals surface area contributed by atoms with Crippen molar-refractivity contribution in [2.24, 2.45) is 0 Å². The number of aromatic carboxylic acids is 1. The number of carbonyl (C=O) groups excluding carboxylic acids is 2. The van der Waals surface area contributed by atoms with Crippen LogP contribution in [0.15, 0.2) is 12.1 Å². The summed E-state index contributed by atoms with van der Waals surface area (Å²) in [7, 11) is 0. The zero-order valence-electron chi connectivity index (χ0n) is 19.1. The van der Waals surface area contributed by atoms with E-state index in [-0.39, 0.29) is 18.0 Å². The highest BCUT2D eigenvalue weighted by Crippen LogP contribution is 2.25. The van der Waals surface area contributed by atoms with Crippen molar-refractivity contribution in [1.29, 1.82) is 0 Å². The van der Waals surface area contributed by atoms with Gasteiger partial charge in [0.05, 0.1) is 11.6 Å². The number of anilines is 1. The van der Waals surface area contributed by atoms with Crippen LogP contribution in [0.25, 0.3) is 0 Å². The maximum Gasteiger partial charge on any atom is 0.410 e. The van der Waals surface area contributed by atoms with E-state index in [0.29, 0.717) is 44.7 Å². The van der Waals surface area contributed by atoms with Crippen molar-refractivity contribution in [2.45, 2.75) is 58.0 Å². The number of rotatable bonds is 5. The zero-order valence-corrected chi connectivity index (χ0v) is 19.1. The average Bonchev–Trinajstić information content (AvgIpc) is 2.71. The topological polar surface area (TPSA) is 131 Å². The molecule has 0 spiro atoms. The van der Waals surface area contributed by atoms with Gasteiger partial charge < -0.3 is 35.4 Å². The number of carboxylic acids is 1. The van der Waals surface area contributed by atoms with Gasteiger partial charge >= 0.3 is 12.1 Å².